The molecule has 2 nitrogen and oxygen atoms in total. The van der Waals surface area contributed by atoms with Gasteiger partial charge in [-0.1, -0.05) is 180 Å². The van der Waals surface area contributed by atoms with Crippen LogP contribution in [0.25, 0.3) is 21.5 Å². The van der Waals surface area contributed by atoms with E-state index in [0.29, 0.717) is 0 Å². The number of rotatable bonds is 6. The number of hydrogen-bond acceptors (Lipinski definition) is 2. The van der Waals surface area contributed by atoms with Gasteiger partial charge in [0, 0.05) is 44.3 Å². The molecule has 0 aliphatic rings. The van der Waals surface area contributed by atoms with Crippen molar-refractivity contribution in [3.63, 3.8) is 0 Å². The molecule has 0 amide bonds. The minimum Gasteiger partial charge on any atom is -0.309 e. The highest BCUT2D eigenvalue weighted by Gasteiger charge is 2.29. The molecule has 0 spiro atoms. The second-order valence-electron chi connectivity index (χ2n) is 19.7. The maximum Gasteiger partial charge on any atom is 0.0619 e. The van der Waals surface area contributed by atoms with Gasteiger partial charge >= 0.3 is 0 Å². The Hall–Kier alpha value is -5.34. The van der Waals surface area contributed by atoms with Gasteiger partial charge in [-0.15, -0.1) is 0 Å². The van der Waals surface area contributed by atoms with Crippen LogP contribution in [-0.4, -0.2) is 0 Å². The Balaban J connectivity index is 1.64. The first kappa shape index (κ1) is 38.9. The summed E-state index contributed by atoms with van der Waals surface area (Å²) < 4.78 is 0. The van der Waals surface area contributed by atoms with Gasteiger partial charge in [0.2, 0.25) is 0 Å². The van der Waals surface area contributed by atoms with E-state index < -0.39 is 0 Å². The molecule has 0 aromatic heterocycles. The van der Waals surface area contributed by atoms with Gasteiger partial charge in [-0.3, -0.25) is 0 Å². The number of para-hydroxylation sites is 2. The number of anilines is 6. The van der Waals surface area contributed by atoms with Crippen LogP contribution in [-0.2, 0) is 21.7 Å². The lowest BCUT2D eigenvalue weighted by Gasteiger charge is -2.35. The van der Waals surface area contributed by atoms with Crippen LogP contribution in [0.4, 0.5) is 34.1 Å². The maximum absolute atomic E-state index is 2.52. The summed E-state index contributed by atoms with van der Waals surface area (Å²) in [4.78, 5) is 5.04. The number of fused-ring (bicyclic) bond motifs is 2. The zero-order valence-corrected chi connectivity index (χ0v) is 35.8. The van der Waals surface area contributed by atoms with E-state index >= 15 is 0 Å². The molecular formula is C54H60N2. The number of benzene rings is 7. The lowest BCUT2D eigenvalue weighted by molar-refractivity contribution is 0.568. The highest BCUT2D eigenvalue weighted by atomic mass is 15.2. The fourth-order valence-electron chi connectivity index (χ4n) is 7.75. The van der Waals surface area contributed by atoms with Gasteiger partial charge in [-0.25, -0.2) is 0 Å². The minimum atomic E-state index is -0.0317. The van der Waals surface area contributed by atoms with Crippen LogP contribution in [0, 0.1) is 0 Å². The number of nitrogens with zero attached hydrogens (tertiary/aromatic N) is 2. The lowest BCUT2D eigenvalue weighted by atomic mass is 9.80. The molecule has 0 unspecified atom stereocenters. The summed E-state index contributed by atoms with van der Waals surface area (Å²) in [5.41, 5.74) is 12.2. The molecule has 0 fully saturated rings. The van der Waals surface area contributed by atoms with Crippen LogP contribution in [0.15, 0.2) is 146 Å². The van der Waals surface area contributed by atoms with Crippen LogP contribution in [0.2, 0.25) is 0 Å². The summed E-state index contributed by atoms with van der Waals surface area (Å²) in [6.45, 7) is 27.9. The van der Waals surface area contributed by atoms with Crippen LogP contribution in [0.3, 0.4) is 0 Å². The Kier molecular flexibility index (Phi) is 9.94. The van der Waals surface area contributed by atoms with E-state index in [1.54, 1.807) is 0 Å². The average molecular weight is 737 g/mol. The van der Waals surface area contributed by atoms with E-state index in [0.717, 1.165) is 11.4 Å². The zero-order chi connectivity index (χ0) is 40.2. The molecule has 0 aliphatic heterocycles. The van der Waals surface area contributed by atoms with Crippen molar-refractivity contribution in [3.8, 4) is 0 Å². The molecule has 0 saturated heterocycles. The van der Waals surface area contributed by atoms with Gasteiger partial charge in [0.05, 0.1) is 11.4 Å². The van der Waals surface area contributed by atoms with Crippen LogP contribution in [0.1, 0.15) is 105 Å². The molecular weight excluding hydrogens is 677 g/mol. The van der Waals surface area contributed by atoms with Crippen molar-refractivity contribution in [2.75, 3.05) is 9.80 Å². The topological polar surface area (TPSA) is 6.48 Å². The highest BCUT2D eigenvalue weighted by molar-refractivity contribution is 6.23. The summed E-state index contributed by atoms with van der Waals surface area (Å²) in [6, 6.07) is 54.5. The van der Waals surface area contributed by atoms with E-state index in [9.17, 15) is 0 Å². The first-order valence-electron chi connectivity index (χ1n) is 20.3. The third-order valence-electron chi connectivity index (χ3n) is 11.2. The molecule has 0 atom stereocenters. The number of hydrogen-bond donors (Lipinski definition) is 0. The van der Waals surface area contributed by atoms with Crippen molar-refractivity contribution >= 4 is 55.7 Å². The van der Waals surface area contributed by atoms with Gasteiger partial charge in [0.25, 0.3) is 0 Å². The molecule has 0 heterocycles. The highest BCUT2D eigenvalue weighted by Crippen LogP contribution is 2.52. The predicted octanol–water partition coefficient (Wildman–Crippen LogP) is 16.1. The second kappa shape index (κ2) is 14.3. The lowest BCUT2D eigenvalue weighted by Crippen LogP contribution is -2.20. The fraction of sp³-hybridized carbons (Fsp3) is 0.296. The van der Waals surface area contributed by atoms with Crippen molar-refractivity contribution in [1.82, 2.24) is 0 Å². The van der Waals surface area contributed by atoms with E-state index in [1.165, 1.54) is 66.5 Å². The molecule has 56 heavy (non-hydrogen) atoms. The van der Waals surface area contributed by atoms with E-state index in [2.05, 4.69) is 238 Å². The summed E-state index contributed by atoms with van der Waals surface area (Å²) in [5.74, 6) is 0. The fourth-order valence-corrected chi connectivity index (χ4v) is 7.75. The van der Waals surface area contributed by atoms with E-state index in [1.807, 2.05) is 0 Å². The van der Waals surface area contributed by atoms with Crippen molar-refractivity contribution in [3.05, 3.63) is 168 Å². The van der Waals surface area contributed by atoms with Gasteiger partial charge in [0.1, 0.15) is 0 Å². The maximum atomic E-state index is 2.52. The van der Waals surface area contributed by atoms with Crippen molar-refractivity contribution in [1.29, 1.82) is 0 Å². The van der Waals surface area contributed by atoms with Gasteiger partial charge in [-0.05, 0) is 92.4 Å². The molecule has 0 aliphatic carbocycles. The Morgan fingerprint density at radius 1 is 0.268 bits per heavy atom. The van der Waals surface area contributed by atoms with Crippen LogP contribution >= 0.6 is 0 Å². The average Bonchev–Trinajstić information content (AvgIpc) is 3.15. The third kappa shape index (κ3) is 7.59. The molecule has 7 rings (SSSR count). The first-order chi connectivity index (χ1) is 26.3. The largest absolute Gasteiger partial charge is 0.309 e. The molecule has 0 bridgehead atoms. The molecule has 2 heteroatoms. The quantitative estimate of drug-likeness (QED) is 0.124. The van der Waals surface area contributed by atoms with E-state index in [4.69, 9.17) is 0 Å². The van der Waals surface area contributed by atoms with Crippen LogP contribution in [0.5, 0.6) is 0 Å². The van der Waals surface area contributed by atoms with Gasteiger partial charge < -0.3 is 9.80 Å². The van der Waals surface area contributed by atoms with Crippen molar-refractivity contribution in [2.45, 2.75) is 105 Å². The Morgan fingerprint density at radius 2 is 0.500 bits per heavy atom. The molecule has 7 aromatic rings. The normalized spacial score (nSPS) is 12.6. The molecule has 0 saturated carbocycles. The third-order valence-corrected chi connectivity index (χ3v) is 11.2. The minimum absolute atomic E-state index is 0.0317. The molecule has 7 aromatic carbocycles. The monoisotopic (exact) mass is 736 g/mol. The zero-order valence-electron chi connectivity index (χ0n) is 35.8. The Morgan fingerprint density at radius 3 is 0.732 bits per heavy atom. The predicted molar refractivity (Wildman–Crippen MR) is 246 cm³/mol. The summed E-state index contributed by atoms with van der Waals surface area (Å²) in [7, 11) is 0. The SMILES string of the molecule is CC(C)(C)c1cc(N(c2ccccc2)c2c3ccccc3c(N(c3ccccc3)c3cc(C(C)(C)C)cc(C(C)(C)C)c3)c3ccccc23)cc(C(C)(C)C)c1. The molecule has 0 N–H and O–H groups in total. The van der Waals surface area contributed by atoms with E-state index in [-0.39, 0.29) is 21.7 Å². The summed E-state index contributed by atoms with van der Waals surface area (Å²) in [6.07, 6.45) is 0. The summed E-state index contributed by atoms with van der Waals surface area (Å²) >= 11 is 0. The van der Waals surface area contributed by atoms with Gasteiger partial charge in [0.15, 0.2) is 0 Å². The summed E-state index contributed by atoms with van der Waals surface area (Å²) in [5, 5.41) is 4.81. The van der Waals surface area contributed by atoms with Crippen LogP contribution < -0.4 is 9.80 Å². The first-order valence-corrected chi connectivity index (χ1v) is 20.3. The standard InChI is InChI=1S/C54H60N2/c1-51(2,3)37-31-38(52(4,5)6)34-43(33-37)55(41-23-15-13-16-24-41)49-45-27-19-21-29-47(45)50(48-30-22-20-28-46(48)49)56(42-25-17-14-18-26-42)44-35-39(53(7,8)9)32-40(36-44)54(10,11)12/h13-36H,1-12H3. The molecule has 286 valence electrons. The van der Waals surface area contributed by atoms with Crippen molar-refractivity contribution in [2.24, 2.45) is 0 Å². The van der Waals surface area contributed by atoms with Gasteiger partial charge in [-0.2, -0.15) is 0 Å². The second-order valence-corrected chi connectivity index (χ2v) is 19.7. The molecule has 0 radical (unpaired) electrons. The smallest absolute Gasteiger partial charge is 0.0619 e. The Bertz CT molecular complexity index is 2200. The van der Waals surface area contributed by atoms with Crippen molar-refractivity contribution < 1.29 is 0 Å². The Labute approximate surface area is 336 Å².